The van der Waals surface area contributed by atoms with Gasteiger partial charge in [0.15, 0.2) is 0 Å². The van der Waals surface area contributed by atoms with Crippen LogP contribution in [0.25, 0.3) is 0 Å². The molecule has 3 N–H and O–H groups in total. The molecule has 2 unspecified atom stereocenters. The molecule has 0 fully saturated rings. The molecule has 0 saturated carbocycles. The maximum Gasteiger partial charge on any atom is 0.407 e. The van der Waals surface area contributed by atoms with E-state index in [-0.39, 0.29) is 36.8 Å². The molecule has 0 spiro atoms. The van der Waals surface area contributed by atoms with Gasteiger partial charge in [0.05, 0.1) is 0 Å². The number of rotatable bonds is 27. The molecule has 3 amide bonds. The highest BCUT2D eigenvalue weighted by atomic mass is 16.5. The van der Waals surface area contributed by atoms with E-state index in [0.29, 0.717) is 19.4 Å². The van der Waals surface area contributed by atoms with Crippen LogP contribution in [0.3, 0.4) is 0 Å². The van der Waals surface area contributed by atoms with Crippen molar-refractivity contribution in [1.29, 1.82) is 0 Å². The third-order valence-electron chi connectivity index (χ3n) is 8.11. The van der Waals surface area contributed by atoms with Gasteiger partial charge in [-0.1, -0.05) is 154 Å². The van der Waals surface area contributed by atoms with Gasteiger partial charge in [-0.25, -0.2) is 4.79 Å². The molecule has 7 heteroatoms. The topological polar surface area (TPSA) is 96.5 Å². The van der Waals surface area contributed by atoms with Crippen molar-refractivity contribution in [3.05, 3.63) is 35.9 Å². The molecule has 0 heterocycles. The number of hydrogen-bond acceptors (Lipinski definition) is 4. The maximum absolute atomic E-state index is 12.8. The van der Waals surface area contributed by atoms with Crippen LogP contribution >= 0.6 is 0 Å². The van der Waals surface area contributed by atoms with Crippen molar-refractivity contribution in [2.75, 3.05) is 6.54 Å². The van der Waals surface area contributed by atoms with E-state index in [0.717, 1.165) is 18.4 Å². The van der Waals surface area contributed by atoms with Crippen molar-refractivity contribution < 1.29 is 19.1 Å². The first-order valence-corrected chi connectivity index (χ1v) is 17.9. The van der Waals surface area contributed by atoms with Gasteiger partial charge in [0.2, 0.25) is 11.8 Å². The van der Waals surface area contributed by atoms with Crippen LogP contribution in [-0.4, -0.2) is 36.5 Å². The molecule has 1 aromatic carbocycles. The number of benzene rings is 1. The third-order valence-corrected chi connectivity index (χ3v) is 8.11. The Kier molecular flexibility index (Phi) is 24.0. The van der Waals surface area contributed by atoms with E-state index in [1.54, 1.807) is 0 Å². The lowest BCUT2D eigenvalue weighted by molar-refractivity contribution is -0.129. The highest BCUT2D eigenvalue weighted by Gasteiger charge is 2.23. The molecule has 44 heavy (non-hydrogen) atoms. The second-order valence-electron chi connectivity index (χ2n) is 12.9. The quantitative estimate of drug-likeness (QED) is 0.0861. The number of carbonyl (C=O) groups is 3. The molecule has 0 aliphatic rings. The summed E-state index contributed by atoms with van der Waals surface area (Å²) < 4.78 is 5.34. The molecule has 0 aliphatic heterocycles. The Labute approximate surface area is 269 Å². The van der Waals surface area contributed by atoms with Gasteiger partial charge in [0.25, 0.3) is 0 Å². The summed E-state index contributed by atoms with van der Waals surface area (Å²) in [6.45, 7) is 9.06. The number of amides is 3. The van der Waals surface area contributed by atoms with E-state index in [4.69, 9.17) is 4.74 Å². The smallest absolute Gasteiger partial charge is 0.407 e. The minimum absolute atomic E-state index is 0.0987. The maximum atomic E-state index is 12.8. The van der Waals surface area contributed by atoms with Crippen LogP contribution in [0.5, 0.6) is 0 Å². The van der Waals surface area contributed by atoms with Gasteiger partial charge < -0.3 is 20.7 Å². The number of alkyl carbamates (subject to hydrolysis) is 1. The summed E-state index contributed by atoms with van der Waals surface area (Å²) in [6, 6.07) is 8.53. The Bertz CT molecular complexity index is 862. The molecule has 0 aliphatic carbocycles. The van der Waals surface area contributed by atoms with Gasteiger partial charge in [0, 0.05) is 19.0 Å². The van der Waals surface area contributed by atoms with E-state index < -0.39 is 12.1 Å². The fourth-order valence-corrected chi connectivity index (χ4v) is 5.53. The summed E-state index contributed by atoms with van der Waals surface area (Å²) in [5.41, 5.74) is 0.900. The fourth-order valence-electron chi connectivity index (χ4n) is 5.53. The second kappa shape index (κ2) is 26.8. The summed E-state index contributed by atoms with van der Waals surface area (Å²) in [4.78, 5) is 37.9. The van der Waals surface area contributed by atoms with Crippen LogP contribution in [0.2, 0.25) is 0 Å². The van der Waals surface area contributed by atoms with Crippen LogP contribution < -0.4 is 16.0 Å². The monoisotopic (exact) mass is 615 g/mol. The zero-order valence-electron chi connectivity index (χ0n) is 28.6. The van der Waals surface area contributed by atoms with E-state index in [9.17, 15) is 14.4 Å². The zero-order chi connectivity index (χ0) is 32.3. The van der Waals surface area contributed by atoms with Crippen LogP contribution in [0, 0.1) is 5.92 Å². The first-order valence-electron chi connectivity index (χ1n) is 17.9. The lowest BCUT2D eigenvalue weighted by atomic mass is 10.0. The van der Waals surface area contributed by atoms with Gasteiger partial charge in [-0.3, -0.25) is 9.59 Å². The van der Waals surface area contributed by atoms with Crippen molar-refractivity contribution in [1.82, 2.24) is 16.0 Å². The largest absolute Gasteiger partial charge is 0.445 e. The van der Waals surface area contributed by atoms with Crippen molar-refractivity contribution in [3.8, 4) is 0 Å². The van der Waals surface area contributed by atoms with Crippen LogP contribution in [0.15, 0.2) is 30.3 Å². The molecule has 252 valence electrons. The van der Waals surface area contributed by atoms with Crippen LogP contribution in [0.4, 0.5) is 4.79 Å². The van der Waals surface area contributed by atoms with Crippen molar-refractivity contribution >= 4 is 17.9 Å². The second-order valence-corrected chi connectivity index (χ2v) is 12.9. The van der Waals surface area contributed by atoms with Crippen molar-refractivity contribution in [3.63, 3.8) is 0 Å². The van der Waals surface area contributed by atoms with Crippen LogP contribution in [-0.2, 0) is 20.9 Å². The summed E-state index contributed by atoms with van der Waals surface area (Å²) in [6.07, 6.45) is 21.8. The van der Waals surface area contributed by atoms with E-state index in [2.05, 4.69) is 22.9 Å². The standard InChI is InChI=1S/C37H65N3O4/c1-5-7-8-9-10-11-12-13-14-15-16-17-18-19-20-24-27-38-36(42)34(6-2)40-35(41)29-33(28-31(3)4)39-37(43)44-30-32-25-22-21-23-26-32/h21-23,25-26,31,33-34H,5-20,24,27-30H2,1-4H3,(H,38,42)(H,39,43)(H,40,41). The molecule has 0 aromatic heterocycles. The van der Waals surface area contributed by atoms with Gasteiger partial charge in [0.1, 0.15) is 12.6 Å². The Balaban J connectivity index is 2.16. The molecule has 1 rings (SSSR count). The first-order chi connectivity index (χ1) is 21.3. The normalized spacial score (nSPS) is 12.5. The molecule has 1 aromatic rings. The number of hydrogen-bond donors (Lipinski definition) is 3. The predicted octanol–water partition coefficient (Wildman–Crippen LogP) is 8.99. The highest BCUT2D eigenvalue weighted by molar-refractivity contribution is 5.87. The van der Waals surface area contributed by atoms with E-state index in [1.807, 2.05) is 51.1 Å². The van der Waals surface area contributed by atoms with Crippen molar-refractivity contribution in [2.45, 2.75) is 168 Å². The van der Waals surface area contributed by atoms with Gasteiger partial charge in [-0.15, -0.1) is 0 Å². The number of nitrogens with one attached hydrogen (secondary N) is 3. The average Bonchev–Trinajstić information content (AvgIpc) is 3.00. The fraction of sp³-hybridized carbons (Fsp3) is 0.757. The summed E-state index contributed by atoms with van der Waals surface area (Å²) in [5.74, 6) is -0.104. The number of ether oxygens (including phenoxy) is 1. The summed E-state index contributed by atoms with van der Waals surface area (Å²) in [5, 5.41) is 8.69. The minimum atomic E-state index is -0.576. The van der Waals surface area contributed by atoms with E-state index in [1.165, 1.54) is 89.9 Å². The lowest BCUT2D eigenvalue weighted by Gasteiger charge is -2.22. The minimum Gasteiger partial charge on any atom is -0.445 e. The van der Waals surface area contributed by atoms with Gasteiger partial charge >= 0.3 is 6.09 Å². The predicted molar refractivity (Wildman–Crippen MR) is 182 cm³/mol. The first kappa shape index (κ1) is 39.5. The zero-order valence-corrected chi connectivity index (χ0v) is 28.6. The molecule has 7 nitrogen and oxygen atoms in total. The highest BCUT2D eigenvalue weighted by Crippen LogP contribution is 2.14. The summed E-state index contributed by atoms with van der Waals surface area (Å²) >= 11 is 0. The Hall–Kier alpha value is -2.57. The Morgan fingerprint density at radius 3 is 1.73 bits per heavy atom. The molecular formula is C37H65N3O4. The molecular weight excluding hydrogens is 550 g/mol. The Morgan fingerprint density at radius 1 is 0.705 bits per heavy atom. The van der Waals surface area contributed by atoms with Gasteiger partial charge in [-0.05, 0) is 30.7 Å². The van der Waals surface area contributed by atoms with Crippen LogP contribution in [0.1, 0.15) is 155 Å². The Morgan fingerprint density at radius 2 is 1.23 bits per heavy atom. The van der Waals surface area contributed by atoms with E-state index >= 15 is 0 Å². The van der Waals surface area contributed by atoms with Gasteiger partial charge in [-0.2, -0.15) is 0 Å². The number of unbranched alkanes of at least 4 members (excludes halogenated alkanes) is 15. The average molecular weight is 616 g/mol. The SMILES string of the molecule is CCCCCCCCCCCCCCCCCCNC(=O)C(CC)NC(=O)CC(CC(C)C)NC(=O)OCc1ccccc1. The molecule has 2 atom stereocenters. The summed E-state index contributed by atoms with van der Waals surface area (Å²) in [7, 11) is 0. The molecule has 0 radical (unpaired) electrons. The molecule has 0 bridgehead atoms. The lowest BCUT2D eigenvalue weighted by Crippen LogP contribution is -2.48. The number of carbonyl (C=O) groups excluding carboxylic acids is 3. The van der Waals surface area contributed by atoms with Crippen molar-refractivity contribution in [2.24, 2.45) is 5.92 Å². The third kappa shape index (κ3) is 22.0. The molecule has 0 saturated heterocycles.